The highest BCUT2D eigenvalue weighted by atomic mass is 16.6. The number of nitrogens with two attached hydrogens (primary N) is 1. The molecule has 2 N–H and O–H groups in total. The third-order valence-electron chi connectivity index (χ3n) is 3.96. The first-order chi connectivity index (χ1) is 10.1. The molecule has 6 heteroatoms. The maximum absolute atomic E-state index is 12.2. The minimum Gasteiger partial charge on any atom is -0.444 e. The first-order valence-corrected chi connectivity index (χ1v) is 8.00. The van der Waals surface area contributed by atoms with Crippen LogP contribution in [-0.2, 0) is 14.3 Å². The third kappa shape index (κ3) is 5.48. The van der Waals surface area contributed by atoms with E-state index in [0.29, 0.717) is 13.1 Å². The van der Waals surface area contributed by atoms with E-state index in [-0.39, 0.29) is 24.5 Å². The molecular formula is C16H30N2O4. The van der Waals surface area contributed by atoms with Crippen LogP contribution >= 0.6 is 0 Å². The van der Waals surface area contributed by atoms with Gasteiger partial charge in [-0.2, -0.15) is 0 Å². The lowest BCUT2D eigenvalue weighted by atomic mass is 9.90. The molecule has 0 aliphatic carbocycles. The molecule has 1 saturated heterocycles. The van der Waals surface area contributed by atoms with Gasteiger partial charge in [-0.25, -0.2) is 4.79 Å². The molecule has 0 aromatic heterocycles. The Labute approximate surface area is 133 Å². The fraction of sp³-hybridized carbons (Fsp3) is 0.875. The number of nitrogens with zero attached hydrogens (tertiary/aromatic N) is 1. The molecule has 2 atom stereocenters. The van der Waals surface area contributed by atoms with Gasteiger partial charge in [0.2, 0.25) is 5.91 Å². The van der Waals surface area contributed by atoms with Gasteiger partial charge in [-0.1, -0.05) is 13.8 Å². The monoisotopic (exact) mass is 314 g/mol. The fourth-order valence-electron chi connectivity index (χ4n) is 2.47. The Balaban J connectivity index is 2.68. The van der Waals surface area contributed by atoms with Gasteiger partial charge in [-0.15, -0.1) is 0 Å². The van der Waals surface area contributed by atoms with E-state index in [1.807, 2.05) is 27.7 Å². The third-order valence-corrected chi connectivity index (χ3v) is 3.96. The molecule has 1 heterocycles. The van der Waals surface area contributed by atoms with E-state index in [1.165, 1.54) is 0 Å². The van der Waals surface area contributed by atoms with E-state index in [2.05, 4.69) is 0 Å². The standard InChI is InChI=1S/C16H30N2O4/c1-6-16(21-10-12(2)13(17)19)8-7-9-18(11-16)14(20)22-15(3,4)5/h12H,6-11H2,1-5H3,(H2,17,19). The topological polar surface area (TPSA) is 81.9 Å². The highest BCUT2D eigenvalue weighted by molar-refractivity contribution is 5.76. The van der Waals surface area contributed by atoms with Gasteiger partial charge in [0.15, 0.2) is 0 Å². The maximum Gasteiger partial charge on any atom is 0.410 e. The highest BCUT2D eigenvalue weighted by Gasteiger charge is 2.38. The van der Waals surface area contributed by atoms with Crippen LogP contribution in [0, 0.1) is 5.92 Å². The summed E-state index contributed by atoms with van der Waals surface area (Å²) in [5.74, 6) is -0.702. The summed E-state index contributed by atoms with van der Waals surface area (Å²) >= 11 is 0. The van der Waals surface area contributed by atoms with Crippen LogP contribution in [0.15, 0.2) is 0 Å². The van der Waals surface area contributed by atoms with Gasteiger partial charge in [0.1, 0.15) is 5.60 Å². The number of carbonyl (C=O) groups is 2. The Hall–Kier alpha value is -1.30. The smallest absolute Gasteiger partial charge is 0.410 e. The lowest BCUT2D eigenvalue weighted by molar-refractivity contribution is -0.131. The summed E-state index contributed by atoms with van der Waals surface area (Å²) in [5.41, 5.74) is 4.35. The van der Waals surface area contributed by atoms with Crippen LogP contribution in [-0.4, -0.2) is 47.8 Å². The quantitative estimate of drug-likeness (QED) is 0.844. The van der Waals surface area contributed by atoms with Gasteiger partial charge in [-0.3, -0.25) is 4.79 Å². The highest BCUT2D eigenvalue weighted by Crippen LogP contribution is 2.30. The predicted octanol–water partition coefficient (Wildman–Crippen LogP) is 2.30. The largest absolute Gasteiger partial charge is 0.444 e. The molecule has 1 aliphatic rings. The summed E-state index contributed by atoms with van der Waals surface area (Å²) in [6.45, 7) is 10.8. The molecule has 6 nitrogen and oxygen atoms in total. The zero-order valence-corrected chi connectivity index (χ0v) is 14.5. The molecule has 1 fully saturated rings. The number of hydrogen-bond donors (Lipinski definition) is 1. The molecular weight excluding hydrogens is 284 g/mol. The Morgan fingerprint density at radius 3 is 2.50 bits per heavy atom. The minimum absolute atomic E-state index is 0.283. The number of rotatable bonds is 5. The minimum atomic E-state index is -0.509. The average Bonchev–Trinajstić information content (AvgIpc) is 2.43. The summed E-state index contributed by atoms with van der Waals surface area (Å²) in [4.78, 5) is 25.1. The Bertz CT molecular complexity index is 405. The van der Waals surface area contributed by atoms with E-state index in [4.69, 9.17) is 15.2 Å². The van der Waals surface area contributed by atoms with Crippen LogP contribution in [0.4, 0.5) is 4.79 Å². The van der Waals surface area contributed by atoms with Gasteiger partial charge >= 0.3 is 6.09 Å². The second-order valence-corrected chi connectivity index (χ2v) is 7.16. The molecule has 2 amide bonds. The first kappa shape index (κ1) is 18.7. The van der Waals surface area contributed by atoms with Crippen LogP contribution in [0.3, 0.4) is 0 Å². The SMILES string of the molecule is CCC1(OCC(C)C(N)=O)CCCN(C(=O)OC(C)(C)C)C1. The van der Waals surface area contributed by atoms with E-state index >= 15 is 0 Å². The zero-order valence-electron chi connectivity index (χ0n) is 14.5. The molecule has 22 heavy (non-hydrogen) atoms. The van der Waals surface area contributed by atoms with Crippen molar-refractivity contribution >= 4 is 12.0 Å². The van der Waals surface area contributed by atoms with Gasteiger partial charge in [-0.05, 0) is 40.0 Å². The van der Waals surface area contributed by atoms with Crippen LogP contribution in [0.25, 0.3) is 0 Å². The summed E-state index contributed by atoms with van der Waals surface area (Å²) in [7, 11) is 0. The second kappa shape index (κ2) is 7.31. The van der Waals surface area contributed by atoms with Gasteiger partial charge < -0.3 is 20.1 Å². The van der Waals surface area contributed by atoms with Crippen molar-refractivity contribution in [2.75, 3.05) is 19.7 Å². The van der Waals surface area contributed by atoms with Crippen LogP contribution in [0.1, 0.15) is 53.9 Å². The summed E-state index contributed by atoms with van der Waals surface area (Å²) in [5, 5.41) is 0. The van der Waals surface area contributed by atoms with Crippen molar-refractivity contribution in [2.45, 2.75) is 65.1 Å². The molecule has 2 unspecified atom stereocenters. The number of hydrogen-bond acceptors (Lipinski definition) is 4. The molecule has 128 valence electrons. The van der Waals surface area contributed by atoms with Crippen LogP contribution in [0.5, 0.6) is 0 Å². The van der Waals surface area contributed by atoms with Crippen molar-refractivity contribution < 1.29 is 19.1 Å². The normalized spacial score (nSPS) is 24.0. The number of carbonyl (C=O) groups excluding carboxylic acids is 2. The number of ether oxygens (including phenoxy) is 2. The Kier molecular flexibility index (Phi) is 6.23. The van der Waals surface area contributed by atoms with Gasteiger partial charge in [0.25, 0.3) is 0 Å². The first-order valence-electron chi connectivity index (χ1n) is 8.00. The average molecular weight is 314 g/mol. The molecule has 1 rings (SSSR count). The number of piperidine rings is 1. The van der Waals surface area contributed by atoms with Gasteiger partial charge in [0.05, 0.1) is 24.7 Å². The molecule has 0 spiro atoms. The number of amides is 2. The zero-order chi connectivity index (χ0) is 17.0. The summed E-state index contributed by atoms with van der Waals surface area (Å²) < 4.78 is 11.4. The molecule has 0 saturated carbocycles. The Morgan fingerprint density at radius 1 is 1.36 bits per heavy atom. The Morgan fingerprint density at radius 2 is 2.00 bits per heavy atom. The van der Waals surface area contributed by atoms with Crippen molar-refractivity contribution in [3.05, 3.63) is 0 Å². The fourth-order valence-corrected chi connectivity index (χ4v) is 2.47. The predicted molar refractivity (Wildman–Crippen MR) is 84.4 cm³/mol. The molecule has 0 bridgehead atoms. The number of primary amides is 1. The van der Waals surface area contributed by atoms with Crippen LogP contribution < -0.4 is 5.73 Å². The lowest BCUT2D eigenvalue weighted by Crippen LogP contribution is -2.53. The van der Waals surface area contributed by atoms with Crippen molar-refractivity contribution in [3.8, 4) is 0 Å². The van der Waals surface area contributed by atoms with E-state index in [9.17, 15) is 9.59 Å². The lowest BCUT2D eigenvalue weighted by Gasteiger charge is -2.42. The van der Waals surface area contributed by atoms with Gasteiger partial charge in [0, 0.05) is 6.54 Å². The van der Waals surface area contributed by atoms with Crippen molar-refractivity contribution in [2.24, 2.45) is 11.7 Å². The summed E-state index contributed by atoms with van der Waals surface area (Å²) in [6, 6.07) is 0. The molecule has 0 radical (unpaired) electrons. The molecule has 0 aromatic rings. The molecule has 1 aliphatic heterocycles. The van der Waals surface area contributed by atoms with Crippen molar-refractivity contribution in [3.63, 3.8) is 0 Å². The van der Waals surface area contributed by atoms with Crippen molar-refractivity contribution in [1.82, 2.24) is 4.90 Å². The van der Waals surface area contributed by atoms with E-state index in [1.54, 1.807) is 11.8 Å². The molecule has 0 aromatic carbocycles. The van der Waals surface area contributed by atoms with Crippen LogP contribution in [0.2, 0.25) is 0 Å². The summed E-state index contributed by atoms with van der Waals surface area (Å²) in [6.07, 6.45) is 2.20. The van der Waals surface area contributed by atoms with E-state index < -0.39 is 11.2 Å². The van der Waals surface area contributed by atoms with E-state index in [0.717, 1.165) is 19.3 Å². The maximum atomic E-state index is 12.2. The second-order valence-electron chi connectivity index (χ2n) is 7.16. The number of likely N-dealkylation sites (tertiary alicyclic amines) is 1. The van der Waals surface area contributed by atoms with Crippen molar-refractivity contribution in [1.29, 1.82) is 0 Å².